The number of carbonyl (C=O) groups is 2. The predicted molar refractivity (Wildman–Crippen MR) is 113 cm³/mol. The number of rotatable bonds is 6. The second kappa shape index (κ2) is 8.43. The predicted octanol–water partition coefficient (Wildman–Crippen LogP) is 5.47. The Balaban J connectivity index is 1.66. The normalized spacial score (nSPS) is 10.7. The Bertz CT molecular complexity index is 1140. The third kappa shape index (κ3) is 4.45. The fraction of sp³-hybridized carbons (Fsp3) is 0.0455. The van der Waals surface area contributed by atoms with Crippen LogP contribution >= 0.6 is 22.9 Å². The molecule has 4 aromatic rings. The Morgan fingerprint density at radius 2 is 1.93 bits per heavy atom. The molecule has 29 heavy (non-hydrogen) atoms. The van der Waals surface area contributed by atoms with Crippen LogP contribution in [0.1, 0.15) is 21.0 Å². The van der Waals surface area contributed by atoms with Crippen LogP contribution in [0.5, 0.6) is 0 Å². The highest BCUT2D eigenvalue weighted by Crippen LogP contribution is 2.35. The van der Waals surface area contributed by atoms with Gasteiger partial charge in [0.1, 0.15) is 0 Å². The fourth-order valence-corrected chi connectivity index (χ4v) is 4.12. The molecule has 3 heterocycles. The molecule has 1 N–H and O–H groups in total. The number of pyridine rings is 1. The standard InChI is InChI=1S/C22H15ClN2O3S/c23-16-7-5-14(6-8-16)22-15(12-20(26)25-17-3-1-9-24-13-17)11-19(29-22)21(27)18-4-2-10-28-18/h1-11,13H,12H2,(H,25,26). The van der Waals surface area contributed by atoms with E-state index in [0.717, 1.165) is 16.0 Å². The Hall–Kier alpha value is -3.22. The lowest BCUT2D eigenvalue weighted by molar-refractivity contribution is -0.115. The summed E-state index contributed by atoms with van der Waals surface area (Å²) in [6.07, 6.45) is 4.80. The van der Waals surface area contributed by atoms with Crippen molar-refractivity contribution in [3.63, 3.8) is 0 Å². The van der Waals surface area contributed by atoms with Gasteiger partial charge in [0, 0.05) is 16.1 Å². The van der Waals surface area contributed by atoms with Crippen LogP contribution < -0.4 is 5.32 Å². The van der Waals surface area contributed by atoms with E-state index in [9.17, 15) is 9.59 Å². The highest BCUT2D eigenvalue weighted by atomic mass is 35.5. The number of carbonyl (C=O) groups excluding carboxylic acids is 2. The van der Waals surface area contributed by atoms with Crippen LogP contribution in [0.3, 0.4) is 0 Å². The van der Waals surface area contributed by atoms with Crippen molar-refractivity contribution in [2.24, 2.45) is 0 Å². The number of nitrogens with zero attached hydrogens (tertiary/aromatic N) is 1. The van der Waals surface area contributed by atoms with E-state index in [4.69, 9.17) is 16.0 Å². The van der Waals surface area contributed by atoms with Crippen molar-refractivity contribution in [1.82, 2.24) is 4.98 Å². The van der Waals surface area contributed by atoms with Crippen molar-refractivity contribution in [2.75, 3.05) is 5.32 Å². The number of anilines is 1. The number of furan rings is 1. The second-order valence-electron chi connectivity index (χ2n) is 6.24. The minimum Gasteiger partial charge on any atom is -0.461 e. The van der Waals surface area contributed by atoms with Crippen LogP contribution in [-0.2, 0) is 11.2 Å². The van der Waals surface area contributed by atoms with Crippen molar-refractivity contribution in [3.05, 3.63) is 94.5 Å². The second-order valence-corrected chi connectivity index (χ2v) is 7.73. The summed E-state index contributed by atoms with van der Waals surface area (Å²) in [5.74, 6) is -0.141. The molecule has 0 aliphatic rings. The summed E-state index contributed by atoms with van der Waals surface area (Å²) in [4.78, 5) is 30.6. The molecule has 0 saturated heterocycles. The summed E-state index contributed by atoms with van der Waals surface area (Å²) in [6, 6.07) is 15.9. The summed E-state index contributed by atoms with van der Waals surface area (Å²) in [6.45, 7) is 0. The van der Waals surface area contributed by atoms with Crippen LogP contribution in [0.25, 0.3) is 10.4 Å². The van der Waals surface area contributed by atoms with Gasteiger partial charge in [-0.3, -0.25) is 14.6 Å². The molecule has 0 fully saturated rings. The average Bonchev–Trinajstić information content (AvgIpc) is 3.39. The third-order valence-corrected chi connectivity index (χ3v) is 5.66. The molecular formula is C22H15ClN2O3S. The Kier molecular flexibility index (Phi) is 5.55. The number of hydrogen-bond donors (Lipinski definition) is 1. The number of hydrogen-bond acceptors (Lipinski definition) is 5. The van der Waals surface area contributed by atoms with Crippen LogP contribution in [0, 0.1) is 0 Å². The van der Waals surface area contributed by atoms with E-state index >= 15 is 0 Å². The monoisotopic (exact) mass is 422 g/mol. The first-order chi connectivity index (χ1) is 14.1. The number of ketones is 1. The third-order valence-electron chi connectivity index (χ3n) is 4.18. The molecule has 4 rings (SSSR count). The number of thiophene rings is 1. The fourth-order valence-electron chi connectivity index (χ4n) is 2.86. The largest absolute Gasteiger partial charge is 0.461 e. The lowest BCUT2D eigenvalue weighted by Crippen LogP contribution is -2.14. The zero-order chi connectivity index (χ0) is 20.2. The highest BCUT2D eigenvalue weighted by molar-refractivity contribution is 7.17. The minimum absolute atomic E-state index is 0.120. The summed E-state index contributed by atoms with van der Waals surface area (Å²) < 4.78 is 5.23. The van der Waals surface area contributed by atoms with Gasteiger partial charge in [-0.25, -0.2) is 0 Å². The van der Waals surface area contributed by atoms with Gasteiger partial charge >= 0.3 is 0 Å². The van der Waals surface area contributed by atoms with Crippen LogP contribution in [0.15, 0.2) is 77.7 Å². The van der Waals surface area contributed by atoms with E-state index in [1.165, 1.54) is 17.6 Å². The molecule has 0 radical (unpaired) electrons. The molecule has 0 aliphatic carbocycles. The molecule has 3 aromatic heterocycles. The van der Waals surface area contributed by atoms with Crippen molar-refractivity contribution < 1.29 is 14.0 Å². The van der Waals surface area contributed by atoms with Gasteiger partial charge in [0.05, 0.1) is 29.4 Å². The summed E-state index contributed by atoms with van der Waals surface area (Å²) in [5, 5.41) is 3.44. The molecular weight excluding hydrogens is 408 g/mol. The summed E-state index contributed by atoms with van der Waals surface area (Å²) >= 11 is 7.33. The molecule has 0 saturated carbocycles. The number of amides is 1. The molecule has 0 bridgehead atoms. The zero-order valence-corrected chi connectivity index (χ0v) is 16.7. The minimum atomic E-state index is -0.214. The van der Waals surface area contributed by atoms with E-state index in [-0.39, 0.29) is 23.9 Å². The lowest BCUT2D eigenvalue weighted by atomic mass is 10.1. The van der Waals surface area contributed by atoms with Gasteiger partial charge in [-0.2, -0.15) is 0 Å². The molecule has 0 atom stereocenters. The maximum Gasteiger partial charge on any atom is 0.238 e. The topological polar surface area (TPSA) is 72.2 Å². The molecule has 0 aliphatic heterocycles. The van der Waals surface area contributed by atoms with Gasteiger partial charge in [0.15, 0.2) is 5.76 Å². The van der Waals surface area contributed by atoms with E-state index < -0.39 is 0 Å². The molecule has 5 nitrogen and oxygen atoms in total. The molecule has 144 valence electrons. The Morgan fingerprint density at radius 3 is 2.62 bits per heavy atom. The first-order valence-electron chi connectivity index (χ1n) is 8.77. The molecule has 0 spiro atoms. The number of halogens is 1. The first kappa shape index (κ1) is 19.1. The maximum atomic E-state index is 12.7. The van der Waals surface area contributed by atoms with Crippen molar-refractivity contribution in [2.45, 2.75) is 6.42 Å². The summed E-state index contributed by atoms with van der Waals surface area (Å²) in [5.41, 5.74) is 2.27. The van der Waals surface area contributed by atoms with Gasteiger partial charge in [-0.15, -0.1) is 11.3 Å². The van der Waals surface area contributed by atoms with Crippen molar-refractivity contribution in [3.8, 4) is 10.4 Å². The molecule has 1 aromatic carbocycles. The van der Waals surface area contributed by atoms with Gasteiger partial charge in [-0.1, -0.05) is 23.7 Å². The molecule has 7 heteroatoms. The number of benzene rings is 1. The SMILES string of the molecule is O=C(Cc1cc(C(=O)c2ccco2)sc1-c1ccc(Cl)cc1)Nc1cccnc1. The van der Waals surface area contributed by atoms with Gasteiger partial charge in [0.2, 0.25) is 11.7 Å². The lowest BCUT2D eigenvalue weighted by Gasteiger charge is -2.06. The van der Waals surface area contributed by atoms with E-state index in [0.29, 0.717) is 15.6 Å². The van der Waals surface area contributed by atoms with E-state index in [1.54, 1.807) is 54.9 Å². The smallest absolute Gasteiger partial charge is 0.238 e. The Labute approximate surface area is 176 Å². The van der Waals surface area contributed by atoms with Crippen LogP contribution in [0.2, 0.25) is 5.02 Å². The van der Waals surface area contributed by atoms with Crippen molar-refractivity contribution >= 4 is 40.3 Å². The molecule has 1 amide bonds. The number of aromatic nitrogens is 1. The maximum absolute atomic E-state index is 12.7. The quantitative estimate of drug-likeness (QED) is 0.418. The van der Waals surface area contributed by atoms with E-state index in [1.807, 2.05) is 12.1 Å². The van der Waals surface area contributed by atoms with E-state index in [2.05, 4.69) is 10.3 Å². The Morgan fingerprint density at radius 1 is 1.10 bits per heavy atom. The number of nitrogens with one attached hydrogen (secondary N) is 1. The van der Waals surface area contributed by atoms with Gasteiger partial charge < -0.3 is 9.73 Å². The molecule has 0 unspecified atom stereocenters. The van der Waals surface area contributed by atoms with Gasteiger partial charge in [-0.05, 0) is 53.6 Å². The van der Waals surface area contributed by atoms with Crippen LogP contribution in [-0.4, -0.2) is 16.7 Å². The van der Waals surface area contributed by atoms with Crippen LogP contribution in [0.4, 0.5) is 5.69 Å². The highest BCUT2D eigenvalue weighted by Gasteiger charge is 2.20. The average molecular weight is 423 g/mol. The van der Waals surface area contributed by atoms with Gasteiger partial charge in [0.25, 0.3) is 0 Å². The zero-order valence-electron chi connectivity index (χ0n) is 15.1. The first-order valence-corrected chi connectivity index (χ1v) is 9.96. The van der Waals surface area contributed by atoms with Crippen molar-refractivity contribution in [1.29, 1.82) is 0 Å². The summed E-state index contributed by atoms with van der Waals surface area (Å²) in [7, 11) is 0.